The Morgan fingerprint density at radius 3 is 2.29 bits per heavy atom. The van der Waals surface area contributed by atoms with Gasteiger partial charge in [-0.25, -0.2) is 8.42 Å². The maximum absolute atomic E-state index is 11.4. The second-order valence-corrected chi connectivity index (χ2v) is 6.24. The topological polar surface area (TPSA) is 46.2 Å². The average Bonchev–Trinajstić information content (AvgIpc) is 2.10. The molecule has 0 spiro atoms. The Morgan fingerprint density at radius 2 is 1.79 bits per heavy atom. The van der Waals surface area contributed by atoms with Crippen molar-refractivity contribution in [2.75, 3.05) is 19.3 Å². The second-order valence-electron chi connectivity index (χ2n) is 3.57. The van der Waals surface area contributed by atoms with Crippen molar-refractivity contribution >= 4 is 9.84 Å². The number of sulfone groups is 1. The third kappa shape index (κ3) is 6.16. The Morgan fingerprint density at radius 1 is 1.21 bits per heavy atom. The molecule has 0 atom stereocenters. The van der Waals surface area contributed by atoms with Gasteiger partial charge in [0.05, 0.1) is 11.0 Å². The van der Waals surface area contributed by atoms with E-state index in [0.29, 0.717) is 6.42 Å². The Kier molecular flexibility index (Phi) is 6.83. The SMILES string of the molecule is CNCC/C=C/CCS(=O)(=O)C(C)C. The fraction of sp³-hybridized carbons (Fsp3) is 0.800. The smallest absolute Gasteiger partial charge is 0.152 e. The van der Waals surface area contributed by atoms with Gasteiger partial charge < -0.3 is 5.32 Å². The first-order chi connectivity index (χ1) is 6.50. The van der Waals surface area contributed by atoms with E-state index in [-0.39, 0.29) is 11.0 Å². The molecule has 1 N–H and O–H groups in total. The quantitative estimate of drug-likeness (QED) is 0.519. The van der Waals surface area contributed by atoms with E-state index in [4.69, 9.17) is 0 Å². The molecule has 0 amide bonds. The molecule has 3 nitrogen and oxygen atoms in total. The summed E-state index contributed by atoms with van der Waals surface area (Å²) in [5.41, 5.74) is 0. The molecule has 0 aliphatic carbocycles. The highest BCUT2D eigenvalue weighted by molar-refractivity contribution is 7.91. The molecular weight excluding hydrogens is 198 g/mol. The molecular formula is C10H21NO2S. The van der Waals surface area contributed by atoms with E-state index in [9.17, 15) is 8.42 Å². The van der Waals surface area contributed by atoms with Crippen LogP contribution < -0.4 is 5.32 Å². The van der Waals surface area contributed by atoms with Crippen molar-refractivity contribution in [1.29, 1.82) is 0 Å². The summed E-state index contributed by atoms with van der Waals surface area (Å²) in [4.78, 5) is 0. The van der Waals surface area contributed by atoms with Gasteiger partial charge >= 0.3 is 0 Å². The lowest BCUT2D eigenvalue weighted by Crippen LogP contribution is -2.17. The predicted octanol–water partition coefficient (Wildman–Crippen LogP) is 1.37. The van der Waals surface area contributed by atoms with Gasteiger partial charge in [0.2, 0.25) is 0 Å². The highest BCUT2D eigenvalue weighted by Gasteiger charge is 2.13. The van der Waals surface area contributed by atoms with Crippen LogP contribution in [0, 0.1) is 0 Å². The summed E-state index contributed by atoms with van der Waals surface area (Å²) < 4.78 is 22.7. The number of hydrogen-bond donors (Lipinski definition) is 1. The van der Waals surface area contributed by atoms with Gasteiger partial charge in [0.25, 0.3) is 0 Å². The van der Waals surface area contributed by atoms with E-state index in [1.54, 1.807) is 13.8 Å². The third-order valence-electron chi connectivity index (χ3n) is 2.01. The van der Waals surface area contributed by atoms with Crippen molar-refractivity contribution < 1.29 is 8.42 Å². The minimum absolute atomic E-state index is 0.256. The minimum Gasteiger partial charge on any atom is -0.319 e. The number of allylic oxidation sites excluding steroid dienone is 1. The first kappa shape index (κ1) is 13.7. The van der Waals surface area contributed by atoms with Gasteiger partial charge in [-0.3, -0.25) is 0 Å². The molecule has 84 valence electrons. The van der Waals surface area contributed by atoms with Crippen LogP contribution in [0.25, 0.3) is 0 Å². The summed E-state index contributed by atoms with van der Waals surface area (Å²) in [6.45, 7) is 4.38. The van der Waals surface area contributed by atoms with Crippen LogP contribution in [0.2, 0.25) is 0 Å². The van der Waals surface area contributed by atoms with Gasteiger partial charge in [0.15, 0.2) is 9.84 Å². The molecule has 0 heterocycles. The van der Waals surface area contributed by atoms with Gasteiger partial charge in [-0.2, -0.15) is 0 Å². The Labute approximate surface area is 87.5 Å². The van der Waals surface area contributed by atoms with Crippen LogP contribution >= 0.6 is 0 Å². The molecule has 0 aliphatic rings. The molecule has 0 saturated carbocycles. The fourth-order valence-corrected chi connectivity index (χ4v) is 1.87. The van der Waals surface area contributed by atoms with Gasteiger partial charge in [-0.15, -0.1) is 0 Å². The maximum atomic E-state index is 11.4. The van der Waals surface area contributed by atoms with Crippen LogP contribution in [0.3, 0.4) is 0 Å². The highest BCUT2D eigenvalue weighted by atomic mass is 32.2. The van der Waals surface area contributed by atoms with Crippen molar-refractivity contribution in [3.05, 3.63) is 12.2 Å². The molecule has 0 bridgehead atoms. The van der Waals surface area contributed by atoms with E-state index < -0.39 is 9.84 Å². The van der Waals surface area contributed by atoms with Gasteiger partial charge in [0.1, 0.15) is 0 Å². The second kappa shape index (κ2) is 7.01. The standard InChI is InChI=1S/C10H21NO2S/c1-10(2)14(12,13)9-7-5-4-6-8-11-3/h4-5,10-11H,6-9H2,1-3H3/b5-4+. The van der Waals surface area contributed by atoms with Crippen molar-refractivity contribution in [2.24, 2.45) is 0 Å². The molecule has 0 aromatic heterocycles. The maximum Gasteiger partial charge on any atom is 0.152 e. The summed E-state index contributed by atoms with van der Waals surface area (Å²) in [5, 5.41) is 2.77. The van der Waals surface area contributed by atoms with Crippen LogP contribution in [0.1, 0.15) is 26.7 Å². The molecule has 4 heteroatoms. The van der Waals surface area contributed by atoms with Gasteiger partial charge in [0, 0.05) is 0 Å². The summed E-state index contributed by atoms with van der Waals surface area (Å²) in [5.74, 6) is 0.265. The van der Waals surface area contributed by atoms with Crippen molar-refractivity contribution in [1.82, 2.24) is 5.32 Å². The van der Waals surface area contributed by atoms with Crippen LogP contribution in [0.4, 0.5) is 0 Å². The van der Waals surface area contributed by atoms with Gasteiger partial charge in [-0.05, 0) is 40.3 Å². The molecule has 0 aliphatic heterocycles. The normalized spacial score (nSPS) is 12.9. The zero-order valence-corrected chi connectivity index (χ0v) is 10.1. The average molecular weight is 219 g/mol. The lowest BCUT2D eigenvalue weighted by molar-refractivity contribution is 0.587. The molecule has 0 rings (SSSR count). The first-order valence-electron chi connectivity index (χ1n) is 5.02. The molecule has 0 aromatic carbocycles. The first-order valence-corrected chi connectivity index (χ1v) is 6.73. The molecule has 0 aromatic rings. The number of rotatable bonds is 7. The van der Waals surface area contributed by atoms with Crippen molar-refractivity contribution in [2.45, 2.75) is 31.9 Å². The van der Waals surface area contributed by atoms with E-state index in [1.165, 1.54) is 0 Å². The predicted molar refractivity (Wildman–Crippen MR) is 61.2 cm³/mol. The summed E-state index contributed by atoms with van der Waals surface area (Å²) in [7, 11) is -0.958. The molecule has 14 heavy (non-hydrogen) atoms. The highest BCUT2D eigenvalue weighted by Crippen LogP contribution is 2.03. The Bertz CT molecular complexity index is 255. The van der Waals surface area contributed by atoms with E-state index in [0.717, 1.165) is 13.0 Å². The van der Waals surface area contributed by atoms with E-state index in [2.05, 4.69) is 5.32 Å². The van der Waals surface area contributed by atoms with Gasteiger partial charge in [-0.1, -0.05) is 12.2 Å². The minimum atomic E-state index is -2.86. The van der Waals surface area contributed by atoms with Crippen molar-refractivity contribution in [3.8, 4) is 0 Å². The summed E-state index contributed by atoms with van der Waals surface area (Å²) in [6.07, 6.45) is 5.55. The van der Waals surface area contributed by atoms with E-state index >= 15 is 0 Å². The van der Waals surface area contributed by atoms with Crippen LogP contribution in [-0.4, -0.2) is 33.0 Å². The van der Waals surface area contributed by atoms with E-state index in [1.807, 2.05) is 19.2 Å². The third-order valence-corrected chi connectivity index (χ3v) is 4.26. The monoisotopic (exact) mass is 219 g/mol. The number of nitrogens with one attached hydrogen (secondary N) is 1. The van der Waals surface area contributed by atoms with Crippen molar-refractivity contribution in [3.63, 3.8) is 0 Å². The lowest BCUT2D eigenvalue weighted by atomic mass is 10.3. The molecule has 0 radical (unpaired) electrons. The number of hydrogen-bond acceptors (Lipinski definition) is 3. The molecule has 0 unspecified atom stereocenters. The zero-order valence-electron chi connectivity index (χ0n) is 9.29. The summed E-state index contributed by atoms with van der Waals surface area (Å²) >= 11 is 0. The van der Waals surface area contributed by atoms with Crippen LogP contribution in [0.5, 0.6) is 0 Å². The van der Waals surface area contributed by atoms with Crippen LogP contribution in [0.15, 0.2) is 12.2 Å². The molecule has 0 fully saturated rings. The Balaban J connectivity index is 3.69. The lowest BCUT2D eigenvalue weighted by Gasteiger charge is -2.04. The zero-order chi connectivity index (χ0) is 11.0. The Hall–Kier alpha value is -0.350. The van der Waals surface area contributed by atoms with Crippen LogP contribution in [-0.2, 0) is 9.84 Å². The largest absolute Gasteiger partial charge is 0.319 e. The molecule has 0 saturated heterocycles. The fourth-order valence-electron chi connectivity index (χ4n) is 0.931. The summed E-state index contributed by atoms with van der Waals surface area (Å²) in [6, 6.07) is 0.